The first kappa shape index (κ1) is 12.7. The van der Waals surface area contributed by atoms with Gasteiger partial charge in [-0.3, -0.25) is 4.99 Å². The lowest BCUT2D eigenvalue weighted by atomic mass is 10.1. The Morgan fingerprint density at radius 3 is 2.80 bits per heavy atom. The molecule has 0 radical (unpaired) electrons. The normalized spacial score (nSPS) is 15.5. The van der Waals surface area contributed by atoms with E-state index in [0.29, 0.717) is 11.6 Å². The summed E-state index contributed by atoms with van der Waals surface area (Å²) < 4.78 is 5.27. The maximum absolute atomic E-state index is 9.78. The summed E-state index contributed by atoms with van der Waals surface area (Å²) in [6.45, 7) is 0. The molecule has 0 saturated carbocycles. The molecule has 102 valence electrons. The van der Waals surface area contributed by atoms with Crippen molar-refractivity contribution < 1.29 is 9.52 Å². The van der Waals surface area contributed by atoms with Gasteiger partial charge in [0.05, 0.1) is 6.21 Å². The molecular formula is C16H16N2O2. The van der Waals surface area contributed by atoms with E-state index in [9.17, 15) is 5.11 Å². The molecule has 1 aliphatic rings. The van der Waals surface area contributed by atoms with Crippen LogP contribution >= 0.6 is 0 Å². The number of benzene rings is 1. The zero-order valence-corrected chi connectivity index (χ0v) is 11.1. The molecule has 0 saturated heterocycles. The average Bonchev–Trinajstić information content (AvgIpc) is 2.88. The minimum atomic E-state index is -0.191. The highest BCUT2D eigenvalue weighted by Gasteiger charge is 2.12. The van der Waals surface area contributed by atoms with E-state index in [4.69, 9.17) is 4.42 Å². The standard InChI is InChI=1S/C16H16N2O2/c19-16-14(11-17-13-9-5-2-6-10-13)18-15(20-16)12-7-3-1-4-8-12/h1,3-4,7-9,11,19H,2,5-6,10H2. The van der Waals surface area contributed by atoms with E-state index in [1.54, 1.807) is 6.21 Å². The van der Waals surface area contributed by atoms with Crippen molar-refractivity contribution in [3.05, 3.63) is 47.8 Å². The quantitative estimate of drug-likeness (QED) is 0.858. The van der Waals surface area contributed by atoms with Gasteiger partial charge in [0, 0.05) is 11.3 Å². The molecule has 1 heterocycles. The van der Waals surface area contributed by atoms with Crippen molar-refractivity contribution in [2.75, 3.05) is 0 Å². The summed E-state index contributed by atoms with van der Waals surface area (Å²) in [5.41, 5.74) is 2.26. The van der Waals surface area contributed by atoms with Gasteiger partial charge < -0.3 is 9.52 Å². The second-order valence-corrected chi connectivity index (χ2v) is 4.77. The van der Waals surface area contributed by atoms with Crippen LogP contribution in [-0.4, -0.2) is 16.3 Å². The Balaban J connectivity index is 1.82. The molecule has 1 N–H and O–H groups in total. The first-order valence-corrected chi connectivity index (χ1v) is 6.81. The largest absolute Gasteiger partial charge is 0.479 e. The lowest BCUT2D eigenvalue weighted by Crippen LogP contribution is -1.90. The van der Waals surface area contributed by atoms with Gasteiger partial charge in [0.2, 0.25) is 5.89 Å². The summed E-state index contributed by atoms with van der Waals surface area (Å²) in [6.07, 6.45) is 8.17. The van der Waals surface area contributed by atoms with Crippen LogP contribution in [0.4, 0.5) is 0 Å². The van der Waals surface area contributed by atoms with Crippen molar-refractivity contribution in [3.8, 4) is 17.4 Å². The van der Waals surface area contributed by atoms with Crippen LogP contribution in [0.3, 0.4) is 0 Å². The number of aromatic nitrogens is 1. The molecule has 4 heteroatoms. The fraction of sp³-hybridized carbons (Fsp3) is 0.250. The Bertz CT molecular complexity index is 642. The summed E-state index contributed by atoms with van der Waals surface area (Å²) in [4.78, 5) is 8.65. The molecule has 1 aliphatic carbocycles. The lowest BCUT2D eigenvalue weighted by molar-refractivity contribution is 0.337. The topological polar surface area (TPSA) is 58.6 Å². The van der Waals surface area contributed by atoms with Crippen molar-refractivity contribution >= 4 is 6.21 Å². The van der Waals surface area contributed by atoms with Gasteiger partial charge in [0.1, 0.15) is 0 Å². The Kier molecular flexibility index (Phi) is 3.63. The molecule has 0 atom stereocenters. The molecule has 0 fully saturated rings. The first-order valence-electron chi connectivity index (χ1n) is 6.81. The molecule has 20 heavy (non-hydrogen) atoms. The number of hydrogen-bond donors (Lipinski definition) is 1. The number of oxazole rings is 1. The van der Waals surface area contributed by atoms with Crippen LogP contribution < -0.4 is 0 Å². The number of nitrogens with zero attached hydrogens (tertiary/aromatic N) is 2. The maximum Gasteiger partial charge on any atom is 0.312 e. The molecule has 0 amide bonds. The van der Waals surface area contributed by atoms with Crippen molar-refractivity contribution in [2.45, 2.75) is 25.7 Å². The van der Waals surface area contributed by atoms with E-state index in [1.165, 1.54) is 12.8 Å². The van der Waals surface area contributed by atoms with Gasteiger partial charge >= 0.3 is 5.95 Å². The third-order valence-corrected chi connectivity index (χ3v) is 3.27. The first-order chi connectivity index (χ1) is 9.83. The van der Waals surface area contributed by atoms with Gasteiger partial charge in [0.15, 0.2) is 5.69 Å². The number of aromatic hydroxyl groups is 1. The molecular weight excluding hydrogens is 252 g/mol. The van der Waals surface area contributed by atoms with Gasteiger partial charge in [-0.15, -0.1) is 0 Å². The number of allylic oxidation sites excluding steroid dienone is 2. The summed E-state index contributed by atoms with van der Waals surface area (Å²) in [7, 11) is 0. The highest BCUT2D eigenvalue weighted by atomic mass is 16.5. The fourth-order valence-corrected chi connectivity index (χ4v) is 2.19. The Morgan fingerprint density at radius 2 is 2.05 bits per heavy atom. The minimum Gasteiger partial charge on any atom is -0.479 e. The third-order valence-electron chi connectivity index (χ3n) is 3.27. The van der Waals surface area contributed by atoms with Gasteiger partial charge in [-0.2, -0.15) is 0 Å². The van der Waals surface area contributed by atoms with E-state index < -0.39 is 0 Å². The van der Waals surface area contributed by atoms with Gasteiger partial charge in [-0.05, 0) is 37.8 Å². The number of hydrogen-bond acceptors (Lipinski definition) is 4. The highest BCUT2D eigenvalue weighted by molar-refractivity contribution is 5.81. The van der Waals surface area contributed by atoms with Crippen molar-refractivity contribution in [1.29, 1.82) is 0 Å². The SMILES string of the molecule is Oc1oc(-c2ccccc2)nc1C=NC1=CCCCC1. The predicted molar refractivity (Wildman–Crippen MR) is 77.7 cm³/mol. The van der Waals surface area contributed by atoms with E-state index in [-0.39, 0.29) is 5.95 Å². The summed E-state index contributed by atoms with van der Waals surface area (Å²) >= 11 is 0. The minimum absolute atomic E-state index is 0.191. The molecule has 4 nitrogen and oxygen atoms in total. The van der Waals surface area contributed by atoms with Gasteiger partial charge in [-0.1, -0.05) is 24.3 Å². The lowest BCUT2D eigenvalue weighted by Gasteiger charge is -2.06. The average molecular weight is 268 g/mol. The molecule has 0 spiro atoms. The monoisotopic (exact) mass is 268 g/mol. The number of rotatable bonds is 3. The van der Waals surface area contributed by atoms with Crippen molar-refractivity contribution in [3.63, 3.8) is 0 Å². The van der Waals surface area contributed by atoms with E-state index in [2.05, 4.69) is 16.1 Å². The van der Waals surface area contributed by atoms with Crippen molar-refractivity contribution in [2.24, 2.45) is 4.99 Å². The Labute approximate surface area is 117 Å². The van der Waals surface area contributed by atoms with E-state index in [0.717, 1.165) is 24.1 Å². The van der Waals surface area contributed by atoms with Crippen LogP contribution in [0.15, 0.2) is 51.5 Å². The van der Waals surface area contributed by atoms with Crippen LogP contribution in [0.2, 0.25) is 0 Å². The van der Waals surface area contributed by atoms with Crippen LogP contribution in [0, 0.1) is 0 Å². The van der Waals surface area contributed by atoms with Gasteiger partial charge in [0.25, 0.3) is 0 Å². The zero-order valence-electron chi connectivity index (χ0n) is 11.1. The van der Waals surface area contributed by atoms with Crippen LogP contribution in [0.1, 0.15) is 31.4 Å². The second kappa shape index (κ2) is 5.74. The van der Waals surface area contributed by atoms with Crippen molar-refractivity contribution in [1.82, 2.24) is 4.98 Å². The maximum atomic E-state index is 9.78. The van der Waals surface area contributed by atoms with E-state index >= 15 is 0 Å². The summed E-state index contributed by atoms with van der Waals surface area (Å²) in [6, 6.07) is 9.49. The van der Waals surface area contributed by atoms with Crippen LogP contribution in [0.25, 0.3) is 11.5 Å². The molecule has 0 aliphatic heterocycles. The molecule has 2 aromatic rings. The molecule has 3 rings (SSSR count). The molecule has 1 aromatic heterocycles. The summed E-state index contributed by atoms with van der Waals surface area (Å²) in [5, 5.41) is 9.78. The zero-order chi connectivity index (χ0) is 13.8. The second-order valence-electron chi connectivity index (χ2n) is 4.77. The molecule has 1 aromatic carbocycles. The summed E-state index contributed by atoms with van der Waals surface area (Å²) in [5.74, 6) is 0.214. The smallest absolute Gasteiger partial charge is 0.312 e. The van der Waals surface area contributed by atoms with Crippen LogP contribution in [0.5, 0.6) is 5.95 Å². The number of aliphatic imine (C=N–C) groups is 1. The van der Waals surface area contributed by atoms with E-state index in [1.807, 2.05) is 30.3 Å². The predicted octanol–water partition coefficient (Wildman–Crippen LogP) is 3.92. The molecule has 0 unspecified atom stereocenters. The fourth-order valence-electron chi connectivity index (χ4n) is 2.19. The van der Waals surface area contributed by atoms with Crippen LogP contribution in [-0.2, 0) is 0 Å². The highest BCUT2D eigenvalue weighted by Crippen LogP contribution is 2.25. The third kappa shape index (κ3) is 2.79. The Hall–Kier alpha value is -2.36. The molecule has 0 bridgehead atoms. The van der Waals surface area contributed by atoms with Gasteiger partial charge in [-0.25, -0.2) is 4.98 Å². The Morgan fingerprint density at radius 1 is 1.20 bits per heavy atom.